The zero-order valence-corrected chi connectivity index (χ0v) is 9.72. The van der Waals surface area contributed by atoms with E-state index in [9.17, 15) is 4.79 Å². The molecular formula is C13H15NO3. The van der Waals surface area contributed by atoms with Crippen molar-refractivity contribution in [3.63, 3.8) is 0 Å². The van der Waals surface area contributed by atoms with Crippen LogP contribution in [-0.2, 0) is 9.53 Å². The van der Waals surface area contributed by atoms with Crippen LogP contribution in [0.5, 0.6) is 0 Å². The number of carbonyl (C=O) groups is 1. The number of carboxylic acid groups (broad SMARTS) is 1. The van der Waals surface area contributed by atoms with Gasteiger partial charge in [0.05, 0.1) is 6.42 Å². The summed E-state index contributed by atoms with van der Waals surface area (Å²) in [7, 11) is 0. The third-order valence-corrected chi connectivity index (χ3v) is 2.72. The summed E-state index contributed by atoms with van der Waals surface area (Å²) in [6.45, 7) is 2.55. The van der Waals surface area contributed by atoms with Crippen molar-refractivity contribution in [2.45, 2.75) is 25.8 Å². The van der Waals surface area contributed by atoms with Crippen LogP contribution in [0.25, 0.3) is 0 Å². The lowest BCUT2D eigenvalue weighted by Gasteiger charge is -2.04. The Hall–Kier alpha value is -1.84. The van der Waals surface area contributed by atoms with Crippen LogP contribution in [0.4, 0.5) is 0 Å². The molecule has 4 heteroatoms. The van der Waals surface area contributed by atoms with Crippen molar-refractivity contribution in [1.82, 2.24) is 0 Å². The van der Waals surface area contributed by atoms with Gasteiger partial charge in [0, 0.05) is 6.42 Å². The molecule has 1 aromatic carbocycles. The fourth-order valence-corrected chi connectivity index (χ4v) is 1.73. The second-order valence-corrected chi connectivity index (χ2v) is 4.15. The van der Waals surface area contributed by atoms with Gasteiger partial charge in [-0.25, -0.2) is 4.99 Å². The van der Waals surface area contributed by atoms with E-state index in [0.29, 0.717) is 18.9 Å². The fourth-order valence-electron chi connectivity index (χ4n) is 1.73. The van der Waals surface area contributed by atoms with E-state index in [1.165, 1.54) is 5.56 Å². The van der Waals surface area contributed by atoms with Crippen molar-refractivity contribution >= 4 is 11.9 Å². The highest BCUT2D eigenvalue weighted by atomic mass is 16.5. The molecule has 0 fully saturated rings. The van der Waals surface area contributed by atoms with Gasteiger partial charge < -0.3 is 9.84 Å². The number of hydrogen-bond donors (Lipinski definition) is 1. The Morgan fingerprint density at radius 2 is 2.18 bits per heavy atom. The highest BCUT2D eigenvalue weighted by molar-refractivity contribution is 5.81. The highest BCUT2D eigenvalue weighted by Gasteiger charge is 2.20. The van der Waals surface area contributed by atoms with Crippen LogP contribution in [0.15, 0.2) is 29.3 Å². The Bertz CT molecular complexity index is 436. The minimum atomic E-state index is -0.824. The maximum atomic E-state index is 10.4. The number of aryl methyl sites for hydroxylation is 1. The number of carboxylic acids is 1. The average molecular weight is 233 g/mol. The van der Waals surface area contributed by atoms with E-state index in [0.717, 1.165) is 5.56 Å². The molecule has 0 amide bonds. The first-order valence-electron chi connectivity index (χ1n) is 5.63. The standard InChI is InChI=1S/C13H15NO3/c1-9-2-4-10(5-3-9)11-8-17-12(14-11)6-7-13(15)16/h2-5,11H,6-8H2,1H3,(H,15,16). The molecule has 2 rings (SSSR count). The predicted octanol–water partition coefficient (Wildman–Crippen LogP) is 2.33. The van der Waals surface area contributed by atoms with Gasteiger partial charge in [-0.2, -0.15) is 0 Å². The molecule has 1 aliphatic heterocycles. The molecule has 1 aromatic rings. The largest absolute Gasteiger partial charge is 0.481 e. The Morgan fingerprint density at radius 3 is 2.82 bits per heavy atom. The molecule has 0 bridgehead atoms. The van der Waals surface area contributed by atoms with Crippen LogP contribution in [-0.4, -0.2) is 23.6 Å². The van der Waals surface area contributed by atoms with E-state index < -0.39 is 5.97 Å². The molecule has 1 N–H and O–H groups in total. The number of nitrogens with zero attached hydrogens (tertiary/aromatic N) is 1. The Balaban J connectivity index is 2.00. The lowest BCUT2D eigenvalue weighted by atomic mass is 10.1. The van der Waals surface area contributed by atoms with E-state index in [4.69, 9.17) is 9.84 Å². The first-order chi connectivity index (χ1) is 8.15. The van der Waals surface area contributed by atoms with Crippen molar-refractivity contribution in [3.8, 4) is 0 Å². The zero-order valence-electron chi connectivity index (χ0n) is 9.72. The SMILES string of the molecule is Cc1ccc(C2COC(CCC(=O)O)=N2)cc1. The molecular weight excluding hydrogens is 218 g/mol. The first kappa shape index (κ1) is 11.6. The van der Waals surface area contributed by atoms with Gasteiger partial charge in [0.1, 0.15) is 12.6 Å². The van der Waals surface area contributed by atoms with Crippen molar-refractivity contribution in [2.24, 2.45) is 4.99 Å². The van der Waals surface area contributed by atoms with Gasteiger partial charge in [0.15, 0.2) is 5.90 Å². The maximum Gasteiger partial charge on any atom is 0.303 e. The molecule has 0 aliphatic carbocycles. The maximum absolute atomic E-state index is 10.4. The lowest BCUT2D eigenvalue weighted by Crippen LogP contribution is -2.03. The molecule has 0 radical (unpaired) electrons. The van der Waals surface area contributed by atoms with Gasteiger partial charge >= 0.3 is 5.97 Å². The molecule has 0 saturated carbocycles. The fraction of sp³-hybridized carbons (Fsp3) is 0.385. The second-order valence-electron chi connectivity index (χ2n) is 4.15. The molecule has 0 spiro atoms. The van der Waals surface area contributed by atoms with Gasteiger partial charge in [0.2, 0.25) is 0 Å². The molecule has 1 atom stereocenters. The normalized spacial score (nSPS) is 18.6. The third kappa shape index (κ3) is 3.06. The monoisotopic (exact) mass is 233 g/mol. The minimum Gasteiger partial charge on any atom is -0.481 e. The van der Waals surface area contributed by atoms with E-state index >= 15 is 0 Å². The van der Waals surface area contributed by atoms with Crippen LogP contribution in [0.2, 0.25) is 0 Å². The molecule has 90 valence electrons. The summed E-state index contributed by atoms with van der Waals surface area (Å²) >= 11 is 0. The molecule has 4 nitrogen and oxygen atoms in total. The number of aliphatic carboxylic acids is 1. The summed E-state index contributed by atoms with van der Waals surface area (Å²) in [5, 5.41) is 8.58. The molecule has 17 heavy (non-hydrogen) atoms. The average Bonchev–Trinajstić information content (AvgIpc) is 2.76. The Labute approximate surface area is 99.9 Å². The van der Waals surface area contributed by atoms with Gasteiger partial charge in [-0.3, -0.25) is 4.79 Å². The van der Waals surface area contributed by atoms with Gasteiger partial charge in [-0.1, -0.05) is 29.8 Å². The molecule has 1 heterocycles. The quantitative estimate of drug-likeness (QED) is 0.868. The smallest absolute Gasteiger partial charge is 0.303 e. The summed E-state index contributed by atoms with van der Waals surface area (Å²) in [6, 6.07) is 8.17. The molecule has 1 aliphatic rings. The van der Waals surface area contributed by atoms with Crippen LogP contribution >= 0.6 is 0 Å². The summed E-state index contributed by atoms with van der Waals surface area (Å²) in [5.41, 5.74) is 2.32. The van der Waals surface area contributed by atoms with Crippen molar-refractivity contribution in [2.75, 3.05) is 6.61 Å². The van der Waals surface area contributed by atoms with Crippen LogP contribution in [0.3, 0.4) is 0 Å². The second kappa shape index (κ2) is 4.99. The summed E-state index contributed by atoms with van der Waals surface area (Å²) < 4.78 is 5.39. The predicted molar refractivity (Wildman–Crippen MR) is 64.2 cm³/mol. The number of aliphatic imine (C=N–C) groups is 1. The lowest BCUT2D eigenvalue weighted by molar-refractivity contribution is -0.136. The van der Waals surface area contributed by atoms with Crippen molar-refractivity contribution in [3.05, 3.63) is 35.4 Å². The van der Waals surface area contributed by atoms with E-state index in [1.54, 1.807) is 0 Å². The van der Waals surface area contributed by atoms with Crippen LogP contribution in [0.1, 0.15) is 30.0 Å². The zero-order chi connectivity index (χ0) is 12.3. The Morgan fingerprint density at radius 1 is 1.47 bits per heavy atom. The van der Waals surface area contributed by atoms with Gasteiger partial charge in [0.25, 0.3) is 0 Å². The topological polar surface area (TPSA) is 58.9 Å². The van der Waals surface area contributed by atoms with Crippen molar-refractivity contribution in [1.29, 1.82) is 0 Å². The van der Waals surface area contributed by atoms with E-state index in [1.807, 2.05) is 31.2 Å². The molecule has 0 aromatic heterocycles. The summed E-state index contributed by atoms with van der Waals surface area (Å²) in [6.07, 6.45) is 0.442. The number of hydrogen-bond acceptors (Lipinski definition) is 3. The highest BCUT2D eigenvalue weighted by Crippen LogP contribution is 2.24. The molecule has 1 unspecified atom stereocenters. The van der Waals surface area contributed by atoms with Crippen LogP contribution in [0, 0.1) is 6.92 Å². The van der Waals surface area contributed by atoms with Crippen LogP contribution < -0.4 is 0 Å². The molecule has 0 saturated heterocycles. The number of rotatable bonds is 4. The Kier molecular flexibility index (Phi) is 3.42. The van der Waals surface area contributed by atoms with Gasteiger partial charge in [-0.15, -0.1) is 0 Å². The number of benzene rings is 1. The van der Waals surface area contributed by atoms with E-state index in [-0.39, 0.29) is 12.5 Å². The minimum absolute atomic E-state index is 0.0133. The first-order valence-corrected chi connectivity index (χ1v) is 5.63. The van der Waals surface area contributed by atoms with E-state index in [2.05, 4.69) is 4.99 Å². The summed E-state index contributed by atoms with van der Waals surface area (Å²) in [4.78, 5) is 14.8. The van der Waals surface area contributed by atoms with Gasteiger partial charge in [-0.05, 0) is 12.5 Å². The summed E-state index contributed by atoms with van der Waals surface area (Å²) in [5.74, 6) is -0.270. The third-order valence-electron chi connectivity index (χ3n) is 2.72. The number of ether oxygens (including phenoxy) is 1. The van der Waals surface area contributed by atoms with Crippen molar-refractivity contribution < 1.29 is 14.6 Å².